The molecule has 0 aromatic carbocycles. The fourth-order valence-corrected chi connectivity index (χ4v) is 3.30. The molecule has 1 heterocycles. The van der Waals surface area contributed by atoms with Gasteiger partial charge in [0.15, 0.2) is 0 Å². The average Bonchev–Trinajstić information content (AvgIpc) is 2.49. The van der Waals surface area contributed by atoms with Crippen molar-refractivity contribution in [3.05, 3.63) is 0 Å². The van der Waals surface area contributed by atoms with Crippen LogP contribution in [0.3, 0.4) is 0 Å². The number of β-amino-alcohol motifs (C(OH)–C–C–N with tert-alkyl or cyclic N) is 2. The molecule has 0 aromatic heterocycles. The van der Waals surface area contributed by atoms with Crippen LogP contribution >= 0.6 is 0 Å². The van der Waals surface area contributed by atoms with Crippen LogP contribution in [0, 0.1) is 0 Å². The van der Waals surface area contributed by atoms with Crippen molar-refractivity contribution in [2.75, 3.05) is 26.2 Å². The molecule has 6 nitrogen and oxygen atoms in total. The molecule has 0 amide bonds. The summed E-state index contributed by atoms with van der Waals surface area (Å²) >= 11 is 0. The van der Waals surface area contributed by atoms with Crippen molar-refractivity contribution in [3.63, 3.8) is 0 Å². The molecule has 0 aliphatic carbocycles. The maximum absolute atomic E-state index is 11.9. The van der Waals surface area contributed by atoms with E-state index in [-0.39, 0.29) is 13.1 Å². The monoisotopic (exact) mass is 238 g/mol. The molecule has 0 saturated carbocycles. The van der Waals surface area contributed by atoms with E-state index in [0.29, 0.717) is 13.1 Å². The highest BCUT2D eigenvalue weighted by atomic mass is 32.2. The summed E-state index contributed by atoms with van der Waals surface area (Å²) in [5, 5.41) is 18.6. The lowest BCUT2D eigenvalue weighted by molar-refractivity contribution is 0.0572. The van der Waals surface area contributed by atoms with Crippen molar-refractivity contribution in [3.8, 4) is 0 Å². The number of hydrogen-bond acceptors (Lipinski definition) is 4. The topological polar surface area (TPSA) is 81.1 Å². The van der Waals surface area contributed by atoms with Crippen LogP contribution in [-0.2, 0) is 10.2 Å². The van der Waals surface area contributed by atoms with Gasteiger partial charge >= 0.3 is 0 Å². The van der Waals surface area contributed by atoms with E-state index < -0.39 is 22.4 Å². The molecule has 2 atom stereocenters. The Morgan fingerprint density at radius 1 is 1.20 bits per heavy atom. The minimum absolute atomic E-state index is 0.0278. The van der Waals surface area contributed by atoms with Crippen molar-refractivity contribution in [2.45, 2.75) is 26.1 Å². The van der Waals surface area contributed by atoms with Crippen LogP contribution in [0.5, 0.6) is 0 Å². The summed E-state index contributed by atoms with van der Waals surface area (Å²) in [5.41, 5.74) is 0. The lowest BCUT2D eigenvalue weighted by Crippen LogP contribution is -2.43. The Kier molecular flexibility index (Phi) is 4.07. The number of nitrogens with zero attached hydrogens (tertiary/aromatic N) is 2. The standard InChI is InChI=1S/C8H18N2O4S/c1-3-9(4-2)15(13,14)10-5-7(11)8(12)6-10/h7-8,11-12H,3-6H2,1-2H3. The average molecular weight is 238 g/mol. The van der Waals surface area contributed by atoms with Crippen LogP contribution in [-0.4, -0.2) is 65.6 Å². The number of aliphatic hydroxyl groups excluding tert-OH is 2. The van der Waals surface area contributed by atoms with Gasteiger partial charge in [-0.05, 0) is 0 Å². The van der Waals surface area contributed by atoms with Gasteiger partial charge in [-0.25, -0.2) is 0 Å². The van der Waals surface area contributed by atoms with Crippen molar-refractivity contribution in [1.82, 2.24) is 8.61 Å². The molecule has 0 bridgehead atoms. The number of hydrogen-bond donors (Lipinski definition) is 2. The summed E-state index contributed by atoms with van der Waals surface area (Å²) in [6.07, 6.45) is -1.95. The van der Waals surface area contributed by atoms with Crippen LogP contribution in [0.4, 0.5) is 0 Å². The first-order chi connectivity index (χ1) is 6.93. The molecule has 1 rings (SSSR count). The van der Waals surface area contributed by atoms with Crippen LogP contribution in [0.15, 0.2) is 0 Å². The Balaban J connectivity index is 2.79. The first-order valence-corrected chi connectivity index (χ1v) is 6.44. The maximum Gasteiger partial charge on any atom is 0.282 e. The molecule has 2 N–H and O–H groups in total. The quantitative estimate of drug-likeness (QED) is 0.632. The van der Waals surface area contributed by atoms with E-state index in [2.05, 4.69) is 0 Å². The third kappa shape index (κ3) is 2.48. The molecule has 1 fully saturated rings. The van der Waals surface area contributed by atoms with Gasteiger partial charge in [-0.3, -0.25) is 0 Å². The van der Waals surface area contributed by atoms with Gasteiger partial charge in [-0.1, -0.05) is 13.8 Å². The summed E-state index contributed by atoms with van der Waals surface area (Å²) in [5.74, 6) is 0. The molecule has 0 radical (unpaired) electrons. The first kappa shape index (κ1) is 12.9. The van der Waals surface area contributed by atoms with E-state index >= 15 is 0 Å². The van der Waals surface area contributed by atoms with Crippen LogP contribution in [0.25, 0.3) is 0 Å². The van der Waals surface area contributed by atoms with Crippen molar-refractivity contribution < 1.29 is 18.6 Å². The Morgan fingerprint density at radius 2 is 1.60 bits per heavy atom. The summed E-state index contributed by atoms with van der Waals surface area (Å²) in [6.45, 7) is 4.23. The van der Waals surface area contributed by atoms with E-state index in [0.717, 1.165) is 4.31 Å². The summed E-state index contributed by atoms with van der Waals surface area (Å²) in [7, 11) is -3.52. The first-order valence-electron chi connectivity index (χ1n) is 5.04. The fraction of sp³-hybridized carbons (Fsp3) is 1.00. The third-order valence-electron chi connectivity index (χ3n) is 2.58. The molecule has 2 unspecified atom stereocenters. The molecule has 0 aromatic rings. The molecule has 1 aliphatic rings. The zero-order valence-electron chi connectivity index (χ0n) is 9.00. The normalized spacial score (nSPS) is 28.9. The van der Waals surface area contributed by atoms with Gasteiger partial charge in [0.2, 0.25) is 0 Å². The molecular formula is C8H18N2O4S. The second-order valence-corrected chi connectivity index (χ2v) is 5.47. The molecule has 15 heavy (non-hydrogen) atoms. The Bertz CT molecular complexity index is 292. The molecular weight excluding hydrogens is 220 g/mol. The van der Waals surface area contributed by atoms with E-state index in [9.17, 15) is 18.6 Å². The van der Waals surface area contributed by atoms with E-state index in [4.69, 9.17) is 0 Å². The van der Waals surface area contributed by atoms with Crippen LogP contribution in [0.2, 0.25) is 0 Å². The summed E-state index contributed by atoms with van der Waals surface area (Å²) < 4.78 is 26.3. The Morgan fingerprint density at radius 3 is 1.93 bits per heavy atom. The highest BCUT2D eigenvalue weighted by Crippen LogP contribution is 2.17. The minimum Gasteiger partial charge on any atom is -0.389 e. The third-order valence-corrected chi connectivity index (χ3v) is 4.70. The van der Waals surface area contributed by atoms with Gasteiger partial charge in [-0.15, -0.1) is 0 Å². The Labute approximate surface area is 90.3 Å². The van der Waals surface area contributed by atoms with Gasteiger partial charge in [0.05, 0.1) is 12.2 Å². The van der Waals surface area contributed by atoms with Crippen molar-refractivity contribution >= 4 is 10.2 Å². The highest BCUT2D eigenvalue weighted by Gasteiger charge is 2.38. The lowest BCUT2D eigenvalue weighted by atomic mass is 10.3. The van der Waals surface area contributed by atoms with E-state index in [1.165, 1.54) is 4.31 Å². The maximum atomic E-state index is 11.9. The van der Waals surface area contributed by atoms with Gasteiger partial charge in [0.25, 0.3) is 10.2 Å². The summed E-state index contributed by atoms with van der Waals surface area (Å²) in [6, 6.07) is 0. The molecule has 0 spiro atoms. The lowest BCUT2D eigenvalue weighted by Gasteiger charge is -2.24. The van der Waals surface area contributed by atoms with Crippen LogP contribution < -0.4 is 0 Å². The summed E-state index contributed by atoms with van der Waals surface area (Å²) in [4.78, 5) is 0. The van der Waals surface area contributed by atoms with Gasteiger partial charge in [0.1, 0.15) is 0 Å². The van der Waals surface area contributed by atoms with Gasteiger partial charge in [-0.2, -0.15) is 17.0 Å². The smallest absolute Gasteiger partial charge is 0.282 e. The Hall–Kier alpha value is -0.210. The molecule has 1 aliphatic heterocycles. The van der Waals surface area contributed by atoms with E-state index in [1.54, 1.807) is 13.8 Å². The number of aliphatic hydroxyl groups is 2. The zero-order valence-corrected chi connectivity index (χ0v) is 9.81. The SMILES string of the molecule is CCN(CC)S(=O)(=O)N1CC(O)C(O)C1. The van der Waals surface area contributed by atoms with Crippen molar-refractivity contribution in [1.29, 1.82) is 0 Å². The minimum atomic E-state index is -3.52. The molecule has 90 valence electrons. The van der Waals surface area contributed by atoms with Crippen LogP contribution in [0.1, 0.15) is 13.8 Å². The fourth-order valence-electron chi connectivity index (χ4n) is 1.64. The van der Waals surface area contributed by atoms with E-state index in [1.807, 2.05) is 0 Å². The molecule has 7 heteroatoms. The second-order valence-electron chi connectivity index (χ2n) is 3.54. The molecule has 1 saturated heterocycles. The van der Waals surface area contributed by atoms with Gasteiger partial charge < -0.3 is 10.2 Å². The highest BCUT2D eigenvalue weighted by molar-refractivity contribution is 7.86. The second kappa shape index (κ2) is 4.75. The predicted molar refractivity (Wildman–Crippen MR) is 55.4 cm³/mol. The van der Waals surface area contributed by atoms with Crippen molar-refractivity contribution in [2.24, 2.45) is 0 Å². The van der Waals surface area contributed by atoms with Gasteiger partial charge in [0, 0.05) is 26.2 Å². The number of rotatable bonds is 4. The predicted octanol–water partition coefficient (Wildman–Crippen LogP) is -1.39. The zero-order chi connectivity index (χ0) is 11.6. The largest absolute Gasteiger partial charge is 0.389 e.